The van der Waals surface area contributed by atoms with E-state index >= 15 is 0 Å². The summed E-state index contributed by atoms with van der Waals surface area (Å²) in [4.78, 5) is 24.1. The third-order valence-electron chi connectivity index (χ3n) is 2.66. The molecule has 0 aromatic heterocycles. The number of nitrogens with zero attached hydrogens (tertiary/aromatic N) is 1. The molecule has 1 fully saturated rings. The minimum absolute atomic E-state index is 0.0691. The summed E-state index contributed by atoms with van der Waals surface area (Å²) in [6.07, 6.45) is 1.75. The van der Waals surface area contributed by atoms with Gasteiger partial charge in [0.25, 0.3) is 0 Å². The first-order chi connectivity index (χ1) is 8.07. The first-order valence-electron chi connectivity index (χ1n) is 5.68. The topological polar surface area (TPSA) is 76.1 Å². The molecule has 1 unspecified atom stereocenters. The van der Waals surface area contributed by atoms with Crippen molar-refractivity contribution in [3.63, 3.8) is 0 Å². The number of carboxylic acid groups (broad SMARTS) is 1. The lowest BCUT2D eigenvalue weighted by molar-refractivity contribution is -0.152. The van der Waals surface area contributed by atoms with E-state index in [1.807, 2.05) is 0 Å². The molecule has 1 aliphatic rings. The van der Waals surface area contributed by atoms with Gasteiger partial charge in [-0.05, 0) is 19.8 Å². The fourth-order valence-corrected chi connectivity index (χ4v) is 1.58. The molecule has 98 valence electrons. The van der Waals surface area contributed by atoms with Crippen LogP contribution in [0.2, 0.25) is 0 Å². The number of aliphatic carboxylic acids is 1. The lowest BCUT2D eigenvalue weighted by Gasteiger charge is -2.26. The SMILES string of the molecule is COCCOCC(=O)N(C1CC1)C(C)C(=O)O. The Labute approximate surface area is 100 Å². The molecule has 0 aliphatic heterocycles. The summed E-state index contributed by atoms with van der Waals surface area (Å²) in [6, 6.07) is -0.722. The number of hydrogen-bond acceptors (Lipinski definition) is 4. The van der Waals surface area contributed by atoms with E-state index in [-0.39, 0.29) is 18.6 Å². The highest BCUT2D eigenvalue weighted by Crippen LogP contribution is 2.28. The fraction of sp³-hybridized carbons (Fsp3) is 0.818. The van der Waals surface area contributed by atoms with Gasteiger partial charge in [0.1, 0.15) is 12.6 Å². The average Bonchev–Trinajstić information content (AvgIpc) is 3.09. The third kappa shape index (κ3) is 4.32. The van der Waals surface area contributed by atoms with Crippen molar-refractivity contribution in [1.82, 2.24) is 4.90 Å². The Morgan fingerprint density at radius 3 is 2.53 bits per heavy atom. The molecule has 17 heavy (non-hydrogen) atoms. The minimum Gasteiger partial charge on any atom is -0.480 e. The van der Waals surface area contributed by atoms with E-state index in [0.717, 1.165) is 12.8 Å². The van der Waals surface area contributed by atoms with Crippen LogP contribution in [0, 0.1) is 0 Å². The standard InChI is InChI=1S/C11H19NO5/c1-8(11(14)15)12(9-3-4-9)10(13)7-17-6-5-16-2/h8-9H,3-7H2,1-2H3,(H,14,15). The number of amides is 1. The molecule has 6 heteroatoms. The maximum Gasteiger partial charge on any atom is 0.326 e. The number of methoxy groups -OCH3 is 1. The zero-order valence-corrected chi connectivity index (χ0v) is 10.2. The number of rotatable bonds is 8. The van der Waals surface area contributed by atoms with Gasteiger partial charge in [-0.15, -0.1) is 0 Å². The van der Waals surface area contributed by atoms with Gasteiger partial charge in [-0.3, -0.25) is 4.79 Å². The van der Waals surface area contributed by atoms with Crippen LogP contribution in [0.25, 0.3) is 0 Å². The van der Waals surface area contributed by atoms with E-state index in [2.05, 4.69) is 0 Å². The second kappa shape index (κ2) is 6.56. The van der Waals surface area contributed by atoms with Crippen LogP contribution in [-0.4, -0.2) is 60.9 Å². The van der Waals surface area contributed by atoms with Crippen LogP contribution in [0.15, 0.2) is 0 Å². The number of carbonyl (C=O) groups excluding carboxylic acids is 1. The monoisotopic (exact) mass is 245 g/mol. The van der Waals surface area contributed by atoms with Crippen LogP contribution < -0.4 is 0 Å². The molecule has 1 rings (SSSR count). The molecule has 0 radical (unpaired) electrons. The third-order valence-corrected chi connectivity index (χ3v) is 2.66. The normalized spacial score (nSPS) is 16.6. The molecule has 6 nitrogen and oxygen atoms in total. The molecular weight excluding hydrogens is 226 g/mol. The molecular formula is C11H19NO5. The molecule has 0 spiro atoms. The Hall–Kier alpha value is -1.14. The fourth-order valence-electron chi connectivity index (χ4n) is 1.58. The number of carbonyl (C=O) groups is 2. The molecule has 0 aromatic rings. The van der Waals surface area contributed by atoms with Crippen molar-refractivity contribution >= 4 is 11.9 Å². The highest BCUT2D eigenvalue weighted by Gasteiger charge is 2.38. The van der Waals surface area contributed by atoms with E-state index in [1.54, 1.807) is 7.11 Å². The van der Waals surface area contributed by atoms with Gasteiger partial charge in [-0.25, -0.2) is 4.79 Å². The van der Waals surface area contributed by atoms with Crippen molar-refractivity contribution in [2.45, 2.75) is 31.8 Å². The second-order valence-electron chi connectivity index (χ2n) is 4.09. The number of carboxylic acids is 1. The van der Waals surface area contributed by atoms with E-state index < -0.39 is 12.0 Å². The second-order valence-corrected chi connectivity index (χ2v) is 4.09. The Bertz CT molecular complexity index is 277. The number of hydrogen-bond donors (Lipinski definition) is 1. The van der Waals surface area contributed by atoms with Crippen LogP contribution in [0.1, 0.15) is 19.8 Å². The van der Waals surface area contributed by atoms with Crippen LogP contribution >= 0.6 is 0 Å². The molecule has 1 amide bonds. The quantitative estimate of drug-likeness (QED) is 0.614. The van der Waals surface area contributed by atoms with Gasteiger partial charge in [-0.1, -0.05) is 0 Å². The minimum atomic E-state index is -0.984. The smallest absolute Gasteiger partial charge is 0.326 e. The summed E-state index contributed by atoms with van der Waals surface area (Å²) in [5.41, 5.74) is 0. The maximum atomic E-state index is 11.8. The van der Waals surface area contributed by atoms with Crippen LogP contribution in [0.4, 0.5) is 0 Å². The summed E-state index contributed by atoms with van der Waals surface area (Å²) in [6.45, 7) is 2.19. The highest BCUT2D eigenvalue weighted by atomic mass is 16.5. The van der Waals surface area contributed by atoms with Crippen LogP contribution in [0.3, 0.4) is 0 Å². The van der Waals surface area contributed by atoms with E-state index in [1.165, 1.54) is 11.8 Å². The van der Waals surface area contributed by atoms with E-state index in [4.69, 9.17) is 14.6 Å². The molecule has 0 heterocycles. The predicted molar refractivity (Wildman–Crippen MR) is 59.7 cm³/mol. The van der Waals surface area contributed by atoms with E-state index in [0.29, 0.717) is 13.2 Å². The first kappa shape index (κ1) is 13.9. The van der Waals surface area contributed by atoms with Crippen molar-refractivity contribution in [1.29, 1.82) is 0 Å². The molecule has 1 N–H and O–H groups in total. The van der Waals surface area contributed by atoms with Gasteiger partial charge in [-0.2, -0.15) is 0 Å². The lowest BCUT2D eigenvalue weighted by Crippen LogP contribution is -2.46. The summed E-state index contributed by atoms with van der Waals surface area (Å²) in [5.74, 6) is -1.25. The van der Waals surface area contributed by atoms with Crippen molar-refractivity contribution in [3.8, 4) is 0 Å². The molecule has 0 bridgehead atoms. The number of ether oxygens (including phenoxy) is 2. The Morgan fingerprint density at radius 1 is 1.41 bits per heavy atom. The van der Waals surface area contributed by atoms with Gasteiger partial charge in [0.15, 0.2) is 0 Å². The van der Waals surface area contributed by atoms with Crippen molar-refractivity contribution in [2.75, 3.05) is 26.9 Å². The summed E-state index contributed by atoms with van der Waals surface area (Å²) in [7, 11) is 1.55. The Kier molecular flexibility index (Phi) is 5.37. The zero-order chi connectivity index (χ0) is 12.8. The summed E-state index contributed by atoms with van der Waals surface area (Å²) >= 11 is 0. The lowest BCUT2D eigenvalue weighted by atomic mass is 10.2. The van der Waals surface area contributed by atoms with Gasteiger partial charge in [0.05, 0.1) is 13.2 Å². The Balaban J connectivity index is 2.41. The highest BCUT2D eigenvalue weighted by molar-refractivity contribution is 5.84. The summed E-state index contributed by atoms with van der Waals surface area (Å²) in [5, 5.41) is 8.93. The van der Waals surface area contributed by atoms with Gasteiger partial charge in [0, 0.05) is 13.2 Å². The van der Waals surface area contributed by atoms with E-state index in [9.17, 15) is 9.59 Å². The Morgan fingerprint density at radius 2 is 2.06 bits per heavy atom. The van der Waals surface area contributed by atoms with Crippen LogP contribution in [-0.2, 0) is 19.1 Å². The van der Waals surface area contributed by atoms with Crippen LogP contribution in [0.5, 0.6) is 0 Å². The molecule has 1 atom stereocenters. The average molecular weight is 245 g/mol. The maximum absolute atomic E-state index is 11.8. The first-order valence-corrected chi connectivity index (χ1v) is 5.68. The zero-order valence-electron chi connectivity index (χ0n) is 10.2. The van der Waals surface area contributed by atoms with Gasteiger partial charge >= 0.3 is 5.97 Å². The molecule has 1 saturated carbocycles. The predicted octanol–water partition coefficient (Wildman–Crippen LogP) is 0.114. The summed E-state index contributed by atoms with van der Waals surface area (Å²) < 4.78 is 9.90. The van der Waals surface area contributed by atoms with Gasteiger partial charge < -0.3 is 19.5 Å². The van der Waals surface area contributed by atoms with Gasteiger partial charge in [0.2, 0.25) is 5.91 Å². The van der Waals surface area contributed by atoms with Crippen molar-refractivity contribution in [3.05, 3.63) is 0 Å². The van der Waals surface area contributed by atoms with Crippen molar-refractivity contribution in [2.24, 2.45) is 0 Å². The largest absolute Gasteiger partial charge is 0.480 e. The van der Waals surface area contributed by atoms with Crippen molar-refractivity contribution < 1.29 is 24.2 Å². The molecule has 0 saturated heterocycles. The molecule has 1 aliphatic carbocycles. The molecule has 0 aromatic carbocycles.